The van der Waals surface area contributed by atoms with Crippen molar-refractivity contribution in [1.29, 1.82) is 0 Å². The third-order valence-electron chi connectivity index (χ3n) is 3.23. The molecule has 0 bridgehead atoms. The van der Waals surface area contributed by atoms with Crippen LogP contribution < -0.4 is 0 Å². The lowest BCUT2D eigenvalue weighted by Crippen LogP contribution is -2.42. The first-order valence-corrected chi connectivity index (χ1v) is 6.63. The van der Waals surface area contributed by atoms with E-state index in [0.29, 0.717) is 31.9 Å². The van der Waals surface area contributed by atoms with Gasteiger partial charge in [0.2, 0.25) is 0 Å². The maximum absolute atomic E-state index is 12.2. The number of rotatable bonds is 4. The van der Waals surface area contributed by atoms with Crippen LogP contribution >= 0.6 is 0 Å². The van der Waals surface area contributed by atoms with Gasteiger partial charge < -0.3 is 19.7 Å². The summed E-state index contributed by atoms with van der Waals surface area (Å²) in [6.07, 6.45) is 0. The zero-order valence-corrected chi connectivity index (χ0v) is 11.4. The highest BCUT2D eigenvalue weighted by atomic mass is 16.5. The SMILES string of the molecule is CCOC(=O)C(c1ccc(O)cc1O)N1CCOCC1. The minimum atomic E-state index is -0.681. The molecule has 110 valence electrons. The molecule has 0 spiro atoms. The molecule has 1 aliphatic rings. The molecule has 1 unspecified atom stereocenters. The second-order valence-electron chi connectivity index (χ2n) is 4.55. The lowest BCUT2D eigenvalue weighted by molar-refractivity contribution is -0.151. The van der Waals surface area contributed by atoms with Crippen molar-refractivity contribution in [3.63, 3.8) is 0 Å². The van der Waals surface area contributed by atoms with Gasteiger partial charge in [-0.2, -0.15) is 0 Å². The van der Waals surface area contributed by atoms with Crippen LogP contribution in [0.1, 0.15) is 18.5 Å². The Labute approximate surface area is 117 Å². The first-order chi connectivity index (χ1) is 9.63. The molecule has 0 radical (unpaired) electrons. The average Bonchev–Trinajstić information content (AvgIpc) is 2.43. The summed E-state index contributed by atoms with van der Waals surface area (Å²) in [5.74, 6) is -0.569. The topological polar surface area (TPSA) is 79.2 Å². The van der Waals surface area contributed by atoms with Gasteiger partial charge in [-0.3, -0.25) is 4.90 Å². The monoisotopic (exact) mass is 281 g/mol. The van der Waals surface area contributed by atoms with Crippen molar-refractivity contribution < 1.29 is 24.5 Å². The minimum absolute atomic E-state index is 0.0455. The summed E-state index contributed by atoms with van der Waals surface area (Å²) in [6, 6.07) is 3.53. The summed E-state index contributed by atoms with van der Waals surface area (Å²) in [5.41, 5.74) is 0.433. The molecule has 2 rings (SSSR count). The molecule has 0 aromatic heterocycles. The molecule has 1 fully saturated rings. The van der Waals surface area contributed by atoms with Crippen molar-refractivity contribution in [2.75, 3.05) is 32.9 Å². The van der Waals surface area contributed by atoms with Crippen LogP contribution in [0.3, 0.4) is 0 Å². The Morgan fingerprint density at radius 2 is 2.10 bits per heavy atom. The Morgan fingerprint density at radius 3 is 2.70 bits per heavy atom. The van der Waals surface area contributed by atoms with Crippen molar-refractivity contribution in [2.45, 2.75) is 13.0 Å². The van der Waals surface area contributed by atoms with Crippen molar-refractivity contribution in [1.82, 2.24) is 4.90 Å². The van der Waals surface area contributed by atoms with E-state index in [-0.39, 0.29) is 18.1 Å². The number of esters is 1. The highest BCUT2D eigenvalue weighted by molar-refractivity contribution is 5.78. The van der Waals surface area contributed by atoms with E-state index in [4.69, 9.17) is 9.47 Å². The molecule has 1 saturated heterocycles. The van der Waals surface area contributed by atoms with Gasteiger partial charge in [-0.15, -0.1) is 0 Å². The Balaban J connectivity index is 2.31. The number of aromatic hydroxyl groups is 2. The van der Waals surface area contributed by atoms with Crippen LogP contribution in [-0.2, 0) is 14.3 Å². The zero-order valence-electron chi connectivity index (χ0n) is 11.4. The van der Waals surface area contributed by atoms with E-state index >= 15 is 0 Å². The van der Waals surface area contributed by atoms with Gasteiger partial charge in [-0.1, -0.05) is 0 Å². The predicted octanol–water partition coefficient (Wildman–Crippen LogP) is 1.03. The zero-order chi connectivity index (χ0) is 14.5. The minimum Gasteiger partial charge on any atom is -0.508 e. The highest BCUT2D eigenvalue weighted by Crippen LogP contribution is 2.32. The Morgan fingerprint density at radius 1 is 1.40 bits per heavy atom. The standard InChI is InChI=1S/C14H19NO5/c1-2-20-14(18)13(15-5-7-19-8-6-15)11-4-3-10(16)9-12(11)17/h3-4,9,13,16-17H,2,5-8H2,1H3. The van der Waals surface area contributed by atoms with E-state index in [0.717, 1.165) is 0 Å². The molecule has 1 atom stereocenters. The summed E-state index contributed by atoms with van der Waals surface area (Å²) in [6.45, 7) is 4.26. The molecular weight excluding hydrogens is 262 g/mol. The van der Waals surface area contributed by atoms with Gasteiger partial charge >= 0.3 is 5.97 Å². The van der Waals surface area contributed by atoms with Crippen LogP contribution in [-0.4, -0.2) is 54.0 Å². The van der Waals surface area contributed by atoms with Crippen LogP contribution in [0.25, 0.3) is 0 Å². The van der Waals surface area contributed by atoms with Crippen molar-refractivity contribution in [3.8, 4) is 11.5 Å². The molecule has 0 saturated carbocycles. The van der Waals surface area contributed by atoms with Crippen LogP contribution in [0.15, 0.2) is 18.2 Å². The van der Waals surface area contributed by atoms with E-state index in [9.17, 15) is 15.0 Å². The Hall–Kier alpha value is -1.79. The Bertz CT molecular complexity index is 471. The molecule has 2 N–H and O–H groups in total. The second-order valence-corrected chi connectivity index (χ2v) is 4.55. The third kappa shape index (κ3) is 3.20. The number of morpholine rings is 1. The predicted molar refractivity (Wildman–Crippen MR) is 71.5 cm³/mol. The number of carbonyl (C=O) groups excluding carboxylic acids is 1. The summed E-state index contributed by atoms with van der Waals surface area (Å²) in [4.78, 5) is 14.1. The summed E-state index contributed by atoms with van der Waals surface area (Å²) < 4.78 is 10.4. The lowest BCUT2D eigenvalue weighted by Gasteiger charge is -2.33. The van der Waals surface area contributed by atoms with Gasteiger partial charge in [-0.05, 0) is 19.1 Å². The Kier molecular flexibility index (Phi) is 4.81. The van der Waals surface area contributed by atoms with E-state index in [1.165, 1.54) is 12.1 Å². The summed E-state index contributed by atoms with van der Waals surface area (Å²) in [5, 5.41) is 19.3. The number of phenols is 2. The normalized spacial score (nSPS) is 17.6. The molecule has 1 heterocycles. The number of phenolic OH excluding ortho intramolecular Hbond substituents is 2. The molecule has 1 aromatic carbocycles. The summed E-state index contributed by atoms with van der Waals surface area (Å²) in [7, 11) is 0. The van der Waals surface area contributed by atoms with Gasteiger partial charge in [0.05, 0.1) is 19.8 Å². The number of nitrogens with zero attached hydrogens (tertiary/aromatic N) is 1. The fraction of sp³-hybridized carbons (Fsp3) is 0.500. The molecule has 6 nitrogen and oxygen atoms in total. The van der Waals surface area contributed by atoms with E-state index in [2.05, 4.69) is 0 Å². The van der Waals surface area contributed by atoms with Gasteiger partial charge in [0.15, 0.2) is 0 Å². The van der Waals surface area contributed by atoms with E-state index in [1.54, 1.807) is 13.0 Å². The van der Waals surface area contributed by atoms with Crippen LogP contribution in [0, 0.1) is 0 Å². The van der Waals surface area contributed by atoms with Crippen LogP contribution in [0.4, 0.5) is 0 Å². The van der Waals surface area contributed by atoms with Gasteiger partial charge in [0, 0.05) is 24.7 Å². The van der Waals surface area contributed by atoms with Crippen LogP contribution in [0.2, 0.25) is 0 Å². The quantitative estimate of drug-likeness (QED) is 0.803. The lowest BCUT2D eigenvalue weighted by atomic mass is 10.0. The summed E-state index contributed by atoms with van der Waals surface area (Å²) >= 11 is 0. The van der Waals surface area contributed by atoms with Gasteiger partial charge in [0.1, 0.15) is 17.5 Å². The molecule has 1 aromatic rings. The second kappa shape index (κ2) is 6.58. The van der Waals surface area contributed by atoms with E-state index in [1.807, 2.05) is 4.90 Å². The fourth-order valence-electron chi connectivity index (χ4n) is 2.29. The van der Waals surface area contributed by atoms with Gasteiger partial charge in [-0.25, -0.2) is 4.79 Å². The maximum atomic E-state index is 12.2. The number of hydrogen-bond acceptors (Lipinski definition) is 6. The largest absolute Gasteiger partial charge is 0.508 e. The maximum Gasteiger partial charge on any atom is 0.328 e. The molecule has 1 aliphatic heterocycles. The van der Waals surface area contributed by atoms with Crippen LogP contribution in [0.5, 0.6) is 11.5 Å². The number of carbonyl (C=O) groups is 1. The highest BCUT2D eigenvalue weighted by Gasteiger charge is 2.32. The number of benzene rings is 1. The van der Waals surface area contributed by atoms with Gasteiger partial charge in [0.25, 0.3) is 0 Å². The number of ether oxygens (including phenoxy) is 2. The number of hydrogen-bond donors (Lipinski definition) is 2. The molecule has 0 aliphatic carbocycles. The first kappa shape index (κ1) is 14.6. The van der Waals surface area contributed by atoms with Crippen molar-refractivity contribution >= 4 is 5.97 Å². The fourth-order valence-corrected chi connectivity index (χ4v) is 2.29. The van der Waals surface area contributed by atoms with Crippen molar-refractivity contribution in [2.24, 2.45) is 0 Å². The first-order valence-electron chi connectivity index (χ1n) is 6.63. The molecule has 20 heavy (non-hydrogen) atoms. The smallest absolute Gasteiger partial charge is 0.328 e. The molecule has 0 amide bonds. The molecular formula is C14H19NO5. The molecule has 6 heteroatoms. The third-order valence-corrected chi connectivity index (χ3v) is 3.23. The average molecular weight is 281 g/mol. The van der Waals surface area contributed by atoms with E-state index < -0.39 is 12.0 Å². The van der Waals surface area contributed by atoms with Crippen molar-refractivity contribution in [3.05, 3.63) is 23.8 Å².